The summed E-state index contributed by atoms with van der Waals surface area (Å²) in [5.41, 5.74) is 6.46. The van der Waals surface area contributed by atoms with Crippen molar-refractivity contribution in [2.75, 3.05) is 0 Å². The van der Waals surface area contributed by atoms with Crippen molar-refractivity contribution in [3.05, 3.63) is 299 Å². The van der Waals surface area contributed by atoms with E-state index in [1.54, 1.807) is 0 Å². The highest BCUT2D eigenvalue weighted by Gasteiger charge is 2.31. The number of benzene rings is 23. The van der Waals surface area contributed by atoms with Gasteiger partial charge in [0.1, 0.15) is 24.4 Å². The Morgan fingerprint density at radius 2 is 0.362 bits per heavy atom. The molecule has 0 bridgehead atoms. The van der Waals surface area contributed by atoms with Gasteiger partial charge in [0.15, 0.2) is 0 Å². The molecule has 23 rings (SSSR count). The van der Waals surface area contributed by atoms with Crippen molar-refractivity contribution >= 4 is 194 Å². The van der Waals surface area contributed by atoms with Crippen molar-refractivity contribution in [3.8, 4) is 0 Å². The largest absolute Gasteiger partial charge is 0.384 e. The van der Waals surface area contributed by atoms with Crippen molar-refractivity contribution in [2.45, 2.75) is 24.4 Å². The number of hydrogen-bond donors (Lipinski definition) is 4. The van der Waals surface area contributed by atoms with Crippen LogP contribution in [0, 0.1) is 0 Å². The normalized spacial score (nSPS) is 14.4. The molecule has 0 fully saturated rings. The van der Waals surface area contributed by atoms with Gasteiger partial charge in [0.25, 0.3) is 0 Å². The van der Waals surface area contributed by atoms with Crippen LogP contribution in [0.4, 0.5) is 0 Å². The van der Waals surface area contributed by atoms with E-state index in [1.165, 1.54) is 75.4 Å². The molecule has 4 N–H and O–H groups in total. The van der Waals surface area contributed by atoms with Crippen LogP contribution in [-0.4, -0.2) is 20.4 Å². The number of aliphatic hydroxyl groups is 4. The lowest BCUT2D eigenvalue weighted by atomic mass is 9.78. The fourth-order valence-corrected chi connectivity index (χ4v) is 18.8. The van der Waals surface area contributed by atoms with Crippen molar-refractivity contribution < 1.29 is 20.4 Å². The molecule has 0 radical (unpaired) electrons. The molecule has 0 aliphatic rings. The Labute approximate surface area is 534 Å². The lowest BCUT2D eigenvalue weighted by molar-refractivity contribution is 0.215. The van der Waals surface area contributed by atoms with E-state index in [0.29, 0.717) is 11.1 Å². The van der Waals surface area contributed by atoms with Gasteiger partial charge in [-0.3, -0.25) is 0 Å². The summed E-state index contributed by atoms with van der Waals surface area (Å²) in [6.45, 7) is 0. The van der Waals surface area contributed by atoms with E-state index in [4.69, 9.17) is 0 Å². The predicted octanol–water partition coefficient (Wildman–Crippen LogP) is 22.3. The molecular formula is C90H50O4. The molecule has 94 heavy (non-hydrogen) atoms. The van der Waals surface area contributed by atoms with Gasteiger partial charge in [-0.15, -0.1) is 0 Å². The molecule has 0 saturated carbocycles. The number of aliphatic hydroxyl groups excluding tert-OH is 4. The van der Waals surface area contributed by atoms with Gasteiger partial charge in [-0.2, -0.15) is 0 Å². The summed E-state index contributed by atoms with van der Waals surface area (Å²) in [7, 11) is 0. The summed E-state index contributed by atoms with van der Waals surface area (Å²) in [5.74, 6) is 0. The Hall–Kier alpha value is -11.3. The molecule has 0 heterocycles. The molecule has 0 spiro atoms. The van der Waals surface area contributed by atoms with E-state index >= 15 is 0 Å². The fraction of sp³-hybridized carbons (Fsp3) is 0.0444. The minimum absolute atomic E-state index is 0.686. The van der Waals surface area contributed by atoms with E-state index < -0.39 is 24.4 Å². The molecule has 23 aromatic rings. The monoisotopic (exact) mass is 1190 g/mol. The molecule has 0 aliphatic carbocycles. The molecule has 4 heteroatoms. The minimum Gasteiger partial charge on any atom is -0.384 e. The molecule has 0 aromatic heterocycles. The fourth-order valence-electron chi connectivity index (χ4n) is 18.8. The number of hydrogen-bond acceptors (Lipinski definition) is 4. The third-order valence-electron chi connectivity index (χ3n) is 22.8. The highest BCUT2D eigenvalue weighted by atomic mass is 16.3. The summed E-state index contributed by atoms with van der Waals surface area (Å²) < 4.78 is 0. The second-order valence-electron chi connectivity index (χ2n) is 27.2. The Bertz CT molecular complexity index is 6730. The predicted molar refractivity (Wildman–Crippen MR) is 393 cm³/mol. The minimum atomic E-state index is -1.05. The van der Waals surface area contributed by atoms with Gasteiger partial charge in [-0.25, -0.2) is 0 Å². The third-order valence-corrected chi connectivity index (χ3v) is 22.8. The van der Waals surface area contributed by atoms with E-state index in [0.717, 1.165) is 152 Å². The first-order valence-electron chi connectivity index (χ1n) is 32.7. The van der Waals surface area contributed by atoms with Crippen LogP contribution < -0.4 is 0 Å². The molecule has 434 valence electrons. The van der Waals surface area contributed by atoms with Gasteiger partial charge in [0, 0.05) is 0 Å². The first-order valence-corrected chi connectivity index (χ1v) is 32.7. The van der Waals surface area contributed by atoms with Crippen LogP contribution in [0.3, 0.4) is 0 Å². The van der Waals surface area contributed by atoms with Crippen LogP contribution in [0.2, 0.25) is 0 Å². The summed E-state index contributed by atoms with van der Waals surface area (Å²) >= 11 is 0. The zero-order valence-corrected chi connectivity index (χ0v) is 50.3. The van der Waals surface area contributed by atoms with Gasteiger partial charge < -0.3 is 20.4 Å². The van der Waals surface area contributed by atoms with Crippen LogP contribution in [0.25, 0.3) is 194 Å². The first kappa shape index (κ1) is 50.3. The Morgan fingerprint density at radius 3 is 0.681 bits per heavy atom. The lowest BCUT2D eigenvalue weighted by Gasteiger charge is -2.26. The zero-order chi connectivity index (χ0) is 61.4. The molecule has 4 atom stereocenters. The van der Waals surface area contributed by atoms with Gasteiger partial charge in [0.2, 0.25) is 0 Å². The van der Waals surface area contributed by atoms with Crippen LogP contribution in [0.5, 0.6) is 0 Å². The summed E-state index contributed by atoms with van der Waals surface area (Å²) in [6.07, 6.45) is -3.92. The maximum absolute atomic E-state index is 13.2. The smallest absolute Gasteiger partial charge is 0.105 e. The molecule has 23 aromatic carbocycles. The first-order chi connectivity index (χ1) is 46.3. The highest BCUT2D eigenvalue weighted by molar-refractivity contribution is 6.47. The van der Waals surface area contributed by atoms with Gasteiger partial charge in [-0.05, 0) is 269 Å². The summed E-state index contributed by atoms with van der Waals surface area (Å²) in [4.78, 5) is 0. The van der Waals surface area contributed by atoms with Gasteiger partial charge in [-0.1, -0.05) is 224 Å². The van der Waals surface area contributed by atoms with Gasteiger partial charge >= 0.3 is 0 Å². The molecule has 0 amide bonds. The van der Waals surface area contributed by atoms with Crippen LogP contribution >= 0.6 is 0 Å². The molecule has 4 nitrogen and oxygen atoms in total. The Kier molecular flexibility index (Phi) is 9.32. The van der Waals surface area contributed by atoms with E-state index in [2.05, 4.69) is 231 Å². The number of rotatable bonds is 8. The quantitative estimate of drug-likeness (QED) is 0.0903. The molecular weight excluding hydrogens is 1140 g/mol. The average Bonchev–Trinajstić information content (AvgIpc) is 0.686. The van der Waals surface area contributed by atoms with Crippen molar-refractivity contribution in [2.24, 2.45) is 0 Å². The van der Waals surface area contributed by atoms with E-state index in [-0.39, 0.29) is 0 Å². The van der Waals surface area contributed by atoms with E-state index in [1.807, 2.05) is 24.3 Å². The third kappa shape index (κ3) is 6.14. The van der Waals surface area contributed by atoms with Crippen LogP contribution in [0.1, 0.15) is 68.9 Å². The van der Waals surface area contributed by atoms with Crippen molar-refractivity contribution in [1.29, 1.82) is 0 Å². The maximum Gasteiger partial charge on any atom is 0.105 e. The Morgan fingerprint density at radius 1 is 0.149 bits per heavy atom. The van der Waals surface area contributed by atoms with Gasteiger partial charge in [0.05, 0.1) is 0 Å². The SMILES string of the molecule is OC(c1cccc(C(O)c2cc3ccc4ccc5cc(C(O)c6ccc7ccc8cccc9ccc6c7c89)c6ccc7ccc2c2c3c4c5c6c72)c1)c1cc2ccc3ccc4cc(C(O)c5ccc6ccc7cccc8ccc5c6c78)c5ccc6ccc1c1c2c3c4c5c61. The molecule has 4 unspecified atom stereocenters. The van der Waals surface area contributed by atoms with Crippen LogP contribution in [0.15, 0.2) is 255 Å². The standard InChI is InChI=1S/C90H50O4/c91-87(67-39-53-18-14-49-16-20-55-41-69(63-34-26-51-24-32-61(67)83-77(51)85(63)81(55)75(49)79(53)83)89(93)65-36-28-47-12-10-43-4-1-6-45-22-30-59(65)73(47)71(43)45)57-8-3-9-58(38-57)88(92)68-40-54-19-15-50-17-21-56-42-70(64-35-27-52-25-33-62(68)84-78(52)86(64)82(56)76(50)80(54)84)90(94)66-37-29-48-13-11-44-5-2-7-46-23-31-60(66)74(48)72(44)46/h1-42,87-94H. The second kappa shape index (κ2) is 17.4. The molecule has 0 saturated heterocycles. The molecule has 0 aliphatic heterocycles. The maximum atomic E-state index is 13.2. The Balaban J connectivity index is 0.675. The van der Waals surface area contributed by atoms with Crippen molar-refractivity contribution in [3.63, 3.8) is 0 Å². The highest BCUT2D eigenvalue weighted by Crippen LogP contribution is 2.55. The van der Waals surface area contributed by atoms with Crippen LogP contribution in [-0.2, 0) is 0 Å². The zero-order valence-electron chi connectivity index (χ0n) is 50.3. The summed E-state index contributed by atoms with van der Waals surface area (Å²) in [5, 5.41) is 93.0. The topological polar surface area (TPSA) is 80.9 Å². The van der Waals surface area contributed by atoms with Crippen molar-refractivity contribution in [1.82, 2.24) is 0 Å². The van der Waals surface area contributed by atoms with E-state index in [9.17, 15) is 20.4 Å². The summed E-state index contributed by atoms with van der Waals surface area (Å²) in [6, 6.07) is 91.1. The second-order valence-corrected chi connectivity index (χ2v) is 27.2. The lowest BCUT2D eigenvalue weighted by Crippen LogP contribution is -2.07. The average molecular weight is 1200 g/mol.